The molecule has 0 saturated carbocycles. The van der Waals surface area contributed by atoms with Crippen LogP contribution < -0.4 is 14.9 Å². The van der Waals surface area contributed by atoms with E-state index in [1.807, 2.05) is 19.9 Å². The van der Waals surface area contributed by atoms with Crippen LogP contribution in [0.3, 0.4) is 0 Å². The normalized spacial score (nSPS) is 12.6. The average molecular weight is 386 g/mol. The number of phenols is 2. The minimum Gasteiger partial charge on any atom is -0.508 e. The van der Waals surface area contributed by atoms with Gasteiger partial charge in [0.15, 0.2) is 17.3 Å². The highest BCUT2D eigenvalue weighted by Gasteiger charge is 2.20. The van der Waals surface area contributed by atoms with Crippen LogP contribution in [0.1, 0.15) is 25.3 Å². The number of rotatable bonds is 4. The third-order valence-corrected chi connectivity index (χ3v) is 4.56. The van der Waals surface area contributed by atoms with Crippen molar-refractivity contribution in [3.05, 3.63) is 35.9 Å². The molecule has 0 aliphatic carbocycles. The molecule has 0 atom stereocenters. The molecule has 8 nitrogen and oxygen atoms in total. The van der Waals surface area contributed by atoms with E-state index < -0.39 is 0 Å². The van der Waals surface area contributed by atoms with E-state index in [-0.39, 0.29) is 24.2 Å². The Labute approximate surface area is 160 Å². The molecule has 0 unspecified atom stereocenters. The summed E-state index contributed by atoms with van der Waals surface area (Å²) in [6, 6.07) is 8.41. The predicted molar refractivity (Wildman–Crippen MR) is 102 cm³/mol. The van der Waals surface area contributed by atoms with E-state index in [2.05, 4.69) is 28.3 Å². The second-order valence-electron chi connectivity index (χ2n) is 6.42. The van der Waals surface area contributed by atoms with Gasteiger partial charge < -0.3 is 19.7 Å². The van der Waals surface area contributed by atoms with E-state index in [9.17, 15) is 10.2 Å². The SMILES string of the molecule is CC(C)c1cc(-c2nnc(S)n2Nc2ccc3c(c2)OCO3)c(O)cc1O. The number of aromatic hydroxyl groups is 2. The van der Waals surface area contributed by atoms with E-state index in [1.165, 1.54) is 10.7 Å². The smallest absolute Gasteiger partial charge is 0.231 e. The zero-order valence-corrected chi connectivity index (χ0v) is 15.6. The first-order valence-electron chi connectivity index (χ1n) is 8.31. The Morgan fingerprint density at radius 2 is 1.85 bits per heavy atom. The van der Waals surface area contributed by atoms with Crippen molar-refractivity contribution >= 4 is 18.3 Å². The van der Waals surface area contributed by atoms with Crippen LogP contribution in [-0.2, 0) is 0 Å². The summed E-state index contributed by atoms with van der Waals surface area (Å²) >= 11 is 4.34. The summed E-state index contributed by atoms with van der Waals surface area (Å²) in [5, 5.41) is 28.8. The fourth-order valence-electron chi connectivity index (χ4n) is 2.88. The molecule has 1 aromatic heterocycles. The molecule has 4 rings (SSSR count). The van der Waals surface area contributed by atoms with Crippen molar-refractivity contribution < 1.29 is 19.7 Å². The lowest BCUT2D eigenvalue weighted by Crippen LogP contribution is -2.11. The van der Waals surface area contributed by atoms with Gasteiger partial charge in [-0.25, -0.2) is 4.68 Å². The summed E-state index contributed by atoms with van der Waals surface area (Å²) in [6.07, 6.45) is 0. The van der Waals surface area contributed by atoms with Crippen molar-refractivity contribution in [3.63, 3.8) is 0 Å². The van der Waals surface area contributed by atoms with Gasteiger partial charge in [-0.15, -0.1) is 22.8 Å². The standard InChI is InChI=1S/C18H18N4O4S/c1-9(2)11-6-12(14(24)7-13(11)23)17-19-20-18(27)22(17)21-10-3-4-15-16(5-10)26-8-25-15/h3-7,9,21,23-24H,8H2,1-2H3,(H,20,27). The zero-order chi connectivity index (χ0) is 19.1. The Kier molecular flexibility index (Phi) is 4.23. The molecule has 0 saturated heterocycles. The first-order chi connectivity index (χ1) is 12.9. The molecule has 2 aromatic carbocycles. The van der Waals surface area contributed by atoms with Crippen LogP contribution in [0.2, 0.25) is 0 Å². The molecular weight excluding hydrogens is 368 g/mol. The molecule has 2 heterocycles. The highest BCUT2D eigenvalue weighted by molar-refractivity contribution is 7.80. The highest BCUT2D eigenvalue weighted by atomic mass is 32.1. The molecule has 1 aliphatic heterocycles. The Balaban J connectivity index is 1.75. The van der Waals surface area contributed by atoms with Crippen molar-refractivity contribution in [1.29, 1.82) is 0 Å². The molecule has 1 aliphatic rings. The minimum atomic E-state index is -0.105. The van der Waals surface area contributed by atoms with E-state index in [4.69, 9.17) is 9.47 Å². The van der Waals surface area contributed by atoms with Crippen molar-refractivity contribution in [2.45, 2.75) is 24.9 Å². The molecule has 3 aromatic rings. The van der Waals surface area contributed by atoms with Gasteiger partial charge in [0, 0.05) is 12.1 Å². The number of hydrogen-bond acceptors (Lipinski definition) is 8. The van der Waals surface area contributed by atoms with Gasteiger partial charge in [0.1, 0.15) is 11.5 Å². The second-order valence-corrected chi connectivity index (χ2v) is 6.82. The third kappa shape index (κ3) is 3.10. The summed E-state index contributed by atoms with van der Waals surface area (Å²) in [7, 11) is 0. The molecule has 0 bridgehead atoms. The van der Waals surface area contributed by atoms with E-state index >= 15 is 0 Å². The molecule has 0 amide bonds. The van der Waals surface area contributed by atoms with Crippen LogP contribution in [0.5, 0.6) is 23.0 Å². The number of fused-ring (bicyclic) bond motifs is 1. The van der Waals surface area contributed by atoms with E-state index in [0.29, 0.717) is 39.3 Å². The number of anilines is 1. The van der Waals surface area contributed by atoms with E-state index in [0.717, 1.165) is 0 Å². The molecule has 0 fully saturated rings. The summed E-state index contributed by atoms with van der Waals surface area (Å²) in [4.78, 5) is 0. The first-order valence-corrected chi connectivity index (χ1v) is 8.76. The monoisotopic (exact) mass is 386 g/mol. The van der Waals surface area contributed by atoms with Gasteiger partial charge in [0.2, 0.25) is 11.9 Å². The average Bonchev–Trinajstić information content (AvgIpc) is 3.22. The van der Waals surface area contributed by atoms with Crippen molar-refractivity contribution in [3.8, 4) is 34.4 Å². The Bertz CT molecular complexity index is 1020. The molecule has 9 heteroatoms. The minimum absolute atomic E-state index is 0.0344. The molecule has 0 radical (unpaired) electrons. The molecular formula is C18H18N4O4S. The van der Waals surface area contributed by atoms with Crippen molar-refractivity contribution in [2.24, 2.45) is 0 Å². The number of hydrogen-bond donors (Lipinski definition) is 4. The van der Waals surface area contributed by atoms with Crippen LogP contribution in [0.4, 0.5) is 5.69 Å². The lowest BCUT2D eigenvalue weighted by Gasteiger charge is -2.15. The van der Waals surface area contributed by atoms with Crippen LogP contribution in [-0.4, -0.2) is 31.9 Å². The maximum absolute atomic E-state index is 10.3. The van der Waals surface area contributed by atoms with Crippen molar-refractivity contribution in [1.82, 2.24) is 14.9 Å². The molecule has 140 valence electrons. The van der Waals surface area contributed by atoms with Gasteiger partial charge >= 0.3 is 0 Å². The number of nitrogens with one attached hydrogen (secondary N) is 1. The Hall–Kier alpha value is -3.07. The number of aromatic nitrogens is 3. The van der Waals surface area contributed by atoms with Gasteiger partial charge in [-0.3, -0.25) is 5.43 Å². The predicted octanol–water partition coefficient (Wildman–Crippen LogP) is 3.37. The van der Waals surface area contributed by atoms with E-state index in [1.54, 1.807) is 18.2 Å². The van der Waals surface area contributed by atoms with Crippen molar-refractivity contribution in [2.75, 3.05) is 12.2 Å². The number of phenolic OH excluding ortho intramolecular Hbond substituents is 2. The van der Waals surface area contributed by atoms with Gasteiger partial charge in [0.05, 0.1) is 11.3 Å². The fraction of sp³-hybridized carbons (Fsp3) is 0.222. The number of thiol groups is 1. The molecule has 27 heavy (non-hydrogen) atoms. The van der Waals surface area contributed by atoms with Gasteiger partial charge in [0.25, 0.3) is 0 Å². The maximum Gasteiger partial charge on any atom is 0.231 e. The second kappa shape index (κ2) is 6.58. The first kappa shape index (κ1) is 17.3. The Morgan fingerprint density at radius 1 is 1.07 bits per heavy atom. The van der Waals surface area contributed by atoms with Crippen LogP contribution in [0.15, 0.2) is 35.5 Å². The summed E-state index contributed by atoms with van der Waals surface area (Å²) < 4.78 is 12.2. The summed E-state index contributed by atoms with van der Waals surface area (Å²) in [5.74, 6) is 1.66. The third-order valence-electron chi connectivity index (χ3n) is 4.27. The summed E-state index contributed by atoms with van der Waals surface area (Å²) in [5.41, 5.74) is 4.98. The van der Waals surface area contributed by atoms with Crippen LogP contribution in [0.25, 0.3) is 11.4 Å². The lowest BCUT2D eigenvalue weighted by molar-refractivity contribution is 0.174. The molecule has 3 N–H and O–H groups in total. The quantitative estimate of drug-likeness (QED) is 0.510. The van der Waals surface area contributed by atoms with Crippen LogP contribution in [0, 0.1) is 0 Å². The van der Waals surface area contributed by atoms with Gasteiger partial charge in [-0.05, 0) is 29.7 Å². The number of nitrogens with zero attached hydrogens (tertiary/aromatic N) is 3. The molecule has 0 spiro atoms. The lowest BCUT2D eigenvalue weighted by atomic mass is 9.98. The number of ether oxygens (including phenoxy) is 2. The van der Waals surface area contributed by atoms with Crippen LogP contribution >= 0.6 is 12.6 Å². The number of benzene rings is 2. The zero-order valence-electron chi connectivity index (χ0n) is 14.7. The van der Waals surface area contributed by atoms with Gasteiger partial charge in [-0.2, -0.15) is 0 Å². The Morgan fingerprint density at radius 3 is 2.63 bits per heavy atom. The van der Waals surface area contributed by atoms with Gasteiger partial charge in [-0.1, -0.05) is 13.8 Å². The maximum atomic E-state index is 10.3. The topological polar surface area (TPSA) is 102 Å². The summed E-state index contributed by atoms with van der Waals surface area (Å²) in [6.45, 7) is 4.10. The largest absolute Gasteiger partial charge is 0.508 e. The highest BCUT2D eigenvalue weighted by Crippen LogP contribution is 2.38. The fourth-order valence-corrected chi connectivity index (χ4v) is 3.07.